The number of hydrogen-bond donors (Lipinski definition) is 1. The highest BCUT2D eigenvalue weighted by molar-refractivity contribution is 7.92. The van der Waals surface area contributed by atoms with Gasteiger partial charge in [-0.2, -0.15) is 0 Å². The van der Waals surface area contributed by atoms with Gasteiger partial charge in [-0.1, -0.05) is 29.3 Å². The molecule has 5 nitrogen and oxygen atoms in total. The van der Waals surface area contributed by atoms with Crippen LogP contribution < -0.4 is 4.72 Å². The van der Waals surface area contributed by atoms with E-state index in [0.717, 1.165) is 6.33 Å². The quantitative estimate of drug-likeness (QED) is 0.666. The number of nitrogens with zero attached hydrogens (tertiary/aromatic N) is 2. The number of nitrogens with one attached hydrogen (secondary N) is 1. The molecule has 1 aromatic rings. The molecule has 0 bridgehead atoms. The van der Waals surface area contributed by atoms with Crippen LogP contribution in [-0.4, -0.2) is 24.1 Å². The molecule has 0 saturated carbocycles. The van der Waals surface area contributed by atoms with Crippen molar-refractivity contribution in [1.29, 1.82) is 0 Å². The maximum atomic E-state index is 11.3. The molecule has 15 heavy (non-hydrogen) atoms. The van der Waals surface area contributed by atoms with Crippen LogP contribution in [0.25, 0.3) is 0 Å². The number of anilines is 1. The number of sulfonamides is 1. The Morgan fingerprint density at radius 2 is 2.13 bits per heavy atom. The van der Waals surface area contributed by atoms with Gasteiger partial charge >= 0.3 is 0 Å². The Morgan fingerprint density at radius 1 is 1.47 bits per heavy atom. The highest BCUT2D eigenvalue weighted by Gasteiger charge is 2.13. The average Bonchev–Trinajstić information content (AvgIpc) is 2.12. The van der Waals surface area contributed by atoms with Crippen LogP contribution in [0.15, 0.2) is 19.0 Å². The van der Waals surface area contributed by atoms with Gasteiger partial charge in [0.2, 0.25) is 10.0 Å². The lowest BCUT2D eigenvalue weighted by molar-refractivity contribution is 0.604. The first kappa shape index (κ1) is 12.2. The van der Waals surface area contributed by atoms with E-state index in [2.05, 4.69) is 21.3 Å². The van der Waals surface area contributed by atoms with E-state index in [-0.39, 0.29) is 21.7 Å². The largest absolute Gasteiger partial charge is 0.266 e. The summed E-state index contributed by atoms with van der Waals surface area (Å²) in [5, 5.41) is -0.0465. The molecule has 0 amide bonds. The molecule has 0 aliphatic heterocycles. The third kappa shape index (κ3) is 3.33. The first-order chi connectivity index (χ1) is 6.96. The zero-order chi connectivity index (χ0) is 11.5. The van der Waals surface area contributed by atoms with Crippen LogP contribution in [0.3, 0.4) is 0 Å². The van der Waals surface area contributed by atoms with Crippen molar-refractivity contribution in [3.05, 3.63) is 29.2 Å². The molecule has 0 spiro atoms. The number of aromatic nitrogens is 2. The van der Waals surface area contributed by atoms with Gasteiger partial charge < -0.3 is 0 Å². The fraction of sp³-hybridized carbons (Fsp3) is 0.143. The zero-order valence-corrected chi connectivity index (χ0v) is 9.77. The predicted octanol–water partition coefficient (Wildman–Crippen LogP) is 1.71. The Bertz CT molecular complexity index is 475. The van der Waals surface area contributed by atoms with Crippen LogP contribution in [0.1, 0.15) is 0 Å². The van der Waals surface area contributed by atoms with E-state index < -0.39 is 10.0 Å². The lowest BCUT2D eigenvalue weighted by Gasteiger charge is -2.06. The minimum absolute atomic E-state index is 0.0111. The molecule has 0 unspecified atom stereocenters. The van der Waals surface area contributed by atoms with E-state index in [0.29, 0.717) is 0 Å². The Kier molecular flexibility index (Phi) is 3.90. The molecule has 0 atom stereocenters. The molecule has 1 aromatic heterocycles. The topological polar surface area (TPSA) is 72.0 Å². The molecular formula is C7H7Cl2N3O2S. The Morgan fingerprint density at radius 3 is 2.73 bits per heavy atom. The smallest absolute Gasteiger partial charge is 0.237 e. The molecule has 1 rings (SSSR count). The minimum atomic E-state index is -3.53. The summed E-state index contributed by atoms with van der Waals surface area (Å²) in [5.74, 6) is -0.274. The molecule has 1 heterocycles. The Balaban J connectivity index is 3.00. The first-order valence-corrected chi connectivity index (χ1v) is 6.14. The van der Waals surface area contributed by atoms with Gasteiger partial charge in [0.1, 0.15) is 11.3 Å². The highest BCUT2D eigenvalue weighted by atomic mass is 35.5. The van der Waals surface area contributed by atoms with Gasteiger partial charge in [0.25, 0.3) is 0 Å². The van der Waals surface area contributed by atoms with E-state index in [1.54, 1.807) is 0 Å². The third-order valence-corrected chi connectivity index (χ3v) is 3.26. The van der Waals surface area contributed by atoms with Gasteiger partial charge in [0.05, 0.1) is 5.75 Å². The zero-order valence-electron chi connectivity index (χ0n) is 7.44. The van der Waals surface area contributed by atoms with Crippen LogP contribution >= 0.6 is 23.2 Å². The lowest BCUT2D eigenvalue weighted by atomic mass is 10.6. The standard InChI is InChI=1S/C7H7Cl2N3O2S/c1-2-3-15(13,14)12-7-5(8)6(9)10-4-11-7/h2,4H,1,3H2,(H,10,11,12). The summed E-state index contributed by atoms with van der Waals surface area (Å²) in [6, 6.07) is 0. The van der Waals surface area contributed by atoms with Crippen LogP contribution in [0.4, 0.5) is 5.82 Å². The minimum Gasteiger partial charge on any atom is -0.266 e. The molecule has 82 valence electrons. The van der Waals surface area contributed by atoms with Crippen molar-refractivity contribution in [2.75, 3.05) is 10.5 Å². The van der Waals surface area contributed by atoms with Gasteiger partial charge in [-0.05, 0) is 0 Å². The van der Waals surface area contributed by atoms with Gasteiger partial charge in [0.15, 0.2) is 11.0 Å². The Hall–Kier alpha value is -0.850. The SMILES string of the molecule is C=CCS(=O)(=O)Nc1ncnc(Cl)c1Cl. The van der Waals surface area contributed by atoms with Crippen LogP contribution in [0, 0.1) is 0 Å². The second kappa shape index (κ2) is 4.78. The van der Waals surface area contributed by atoms with E-state index in [1.807, 2.05) is 0 Å². The molecule has 8 heteroatoms. The van der Waals surface area contributed by atoms with Crippen molar-refractivity contribution in [2.24, 2.45) is 0 Å². The lowest BCUT2D eigenvalue weighted by Crippen LogP contribution is -2.16. The summed E-state index contributed by atoms with van der Waals surface area (Å²) in [7, 11) is -3.53. The molecule has 1 N–H and O–H groups in total. The molecule has 0 radical (unpaired) electrons. The van der Waals surface area contributed by atoms with Gasteiger partial charge in [0, 0.05) is 0 Å². The van der Waals surface area contributed by atoms with E-state index >= 15 is 0 Å². The maximum absolute atomic E-state index is 11.3. The number of halogens is 2. The van der Waals surface area contributed by atoms with Crippen molar-refractivity contribution in [3.8, 4) is 0 Å². The van der Waals surface area contributed by atoms with Crippen molar-refractivity contribution >= 4 is 39.0 Å². The second-order valence-electron chi connectivity index (χ2n) is 2.50. The molecule has 0 fully saturated rings. The second-order valence-corrected chi connectivity index (χ2v) is 5.00. The fourth-order valence-corrected chi connectivity index (χ4v) is 1.94. The van der Waals surface area contributed by atoms with Crippen molar-refractivity contribution in [1.82, 2.24) is 9.97 Å². The average molecular weight is 268 g/mol. The summed E-state index contributed by atoms with van der Waals surface area (Å²) in [5.41, 5.74) is 0. The maximum Gasteiger partial charge on any atom is 0.237 e. The van der Waals surface area contributed by atoms with Crippen LogP contribution in [0.2, 0.25) is 10.2 Å². The van der Waals surface area contributed by atoms with Gasteiger partial charge in [-0.3, -0.25) is 4.72 Å². The third-order valence-electron chi connectivity index (χ3n) is 1.34. The summed E-state index contributed by atoms with van der Waals surface area (Å²) in [6.45, 7) is 3.32. The van der Waals surface area contributed by atoms with Gasteiger partial charge in [-0.25, -0.2) is 18.4 Å². The monoisotopic (exact) mass is 267 g/mol. The summed E-state index contributed by atoms with van der Waals surface area (Å²) < 4.78 is 24.8. The van der Waals surface area contributed by atoms with E-state index in [9.17, 15) is 8.42 Å². The summed E-state index contributed by atoms with van der Waals surface area (Å²) in [6.07, 6.45) is 2.36. The van der Waals surface area contributed by atoms with E-state index in [4.69, 9.17) is 23.2 Å². The fourth-order valence-electron chi connectivity index (χ4n) is 0.764. The number of rotatable bonds is 4. The molecular weight excluding hydrogens is 261 g/mol. The first-order valence-electron chi connectivity index (χ1n) is 3.73. The molecule has 0 aliphatic carbocycles. The van der Waals surface area contributed by atoms with Crippen molar-refractivity contribution in [2.45, 2.75) is 0 Å². The van der Waals surface area contributed by atoms with Crippen molar-refractivity contribution in [3.63, 3.8) is 0 Å². The number of hydrogen-bond acceptors (Lipinski definition) is 4. The summed E-state index contributed by atoms with van der Waals surface area (Å²) >= 11 is 11.3. The van der Waals surface area contributed by atoms with Gasteiger partial charge in [-0.15, -0.1) is 6.58 Å². The molecule has 0 aromatic carbocycles. The predicted molar refractivity (Wildman–Crippen MR) is 59.7 cm³/mol. The van der Waals surface area contributed by atoms with E-state index in [1.165, 1.54) is 6.08 Å². The van der Waals surface area contributed by atoms with Crippen molar-refractivity contribution < 1.29 is 8.42 Å². The van der Waals surface area contributed by atoms with Crippen LogP contribution in [-0.2, 0) is 10.0 Å². The molecule has 0 saturated heterocycles. The Labute approximate surface area is 97.2 Å². The van der Waals surface area contributed by atoms with Crippen LogP contribution in [0.5, 0.6) is 0 Å². The summed E-state index contributed by atoms with van der Waals surface area (Å²) in [4.78, 5) is 7.24. The normalized spacial score (nSPS) is 11.1. The highest BCUT2D eigenvalue weighted by Crippen LogP contribution is 2.25. The molecule has 0 aliphatic rings.